The first-order valence-corrected chi connectivity index (χ1v) is 8.24. The van der Waals surface area contributed by atoms with E-state index in [0.717, 1.165) is 5.57 Å². The molecule has 1 aliphatic heterocycles. The van der Waals surface area contributed by atoms with Crippen molar-refractivity contribution >= 4 is 23.1 Å². The first-order chi connectivity index (χ1) is 12.5. The van der Waals surface area contributed by atoms with Gasteiger partial charge < -0.3 is 9.80 Å². The van der Waals surface area contributed by atoms with E-state index in [4.69, 9.17) is 0 Å². The number of anilines is 1. The summed E-state index contributed by atoms with van der Waals surface area (Å²) in [6, 6.07) is 13.4. The van der Waals surface area contributed by atoms with E-state index in [2.05, 4.69) is 6.58 Å². The highest BCUT2D eigenvalue weighted by atomic mass is 19.1. The Labute approximate surface area is 151 Å². The number of benzene rings is 2. The molecule has 0 radical (unpaired) electrons. The van der Waals surface area contributed by atoms with Gasteiger partial charge in [-0.1, -0.05) is 30.9 Å². The Kier molecular flexibility index (Phi) is 4.98. The molecule has 2 aromatic rings. The molecule has 2 aromatic carbocycles. The molecular formula is C21H19FN2O2. The quantitative estimate of drug-likeness (QED) is 0.792. The molecule has 3 rings (SSSR count). The molecule has 0 N–H and O–H groups in total. The Balaban J connectivity index is 1.70. The van der Waals surface area contributed by atoms with Gasteiger partial charge in [0.25, 0.3) is 5.91 Å². The van der Waals surface area contributed by atoms with E-state index in [1.54, 1.807) is 54.4 Å². The van der Waals surface area contributed by atoms with Gasteiger partial charge in [-0.25, -0.2) is 4.39 Å². The van der Waals surface area contributed by atoms with Gasteiger partial charge in [-0.05, 0) is 42.0 Å². The van der Waals surface area contributed by atoms with Gasteiger partial charge in [-0.15, -0.1) is 0 Å². The molecule has 26 heavy (non-hydrogen) atoms. The number of halogens is 1. The highest BCUT2D eigenvalue weighted by Crippen LogP contribution is 2.25. The molecular weight excluding hydrogens is 331 g/mol. The zero-order valence-corrected chi connectivity index (χ0v) is 14.5. The van der Waals surface area contributed by atoms with Gasteiger partial charge in [0.05, 0.1) is 0 Å². The van der Waals surface area contributed by atoms with E-state index in [1.165, 1.54) is 17.0 Å². The predicted octanol–water partition coefficient (Wildman–Crippen LogP) is 3.51. The first-order valence-electron chi connectivity index (χ1n) is 8.24. The second-order valence-electron chi connectivity index (χ2n) is 6.04. The minimum absolute atomic E-state index is 0.128. The van der Waals surface area contributed by atoms with E-state index >= 15 is 0 Å². The fourth-order valence-corrected chi connectivity index (χ4v) is 2.90. The standard InChI is InChI=1S/C21H19FN2O2/c1-3-20(25)23(2)17-10-8-15(9-11-17)21(26)24-13-12-16(14-24)18-6-4-5-7-19(18)22/h3-12H,1,13-14H2,2H3. The lowest BCUT2D eigenvalue weighted by molar-refractivity contribution is -0.113. The number of likely N-dealkylation sites (N-methyl/N-ethyl adjacent to an activating group) is 1. The smallest absolute Gasteiger partial charge is 0.254 e. The minimum atomic E-state index is -0.285. The predicted molar refractivity (Wildman–Crippen MR) is 100 cm³/mol. The van der Waals surface area contributed by atoms with Gasteiger partial charge in [0.2, 0.25) is 5.91 Å². The number of carbonyl (C=O) groups excluding carboxylic acids is 2. The summed E-state index contributed by atoms with van der Waals surface area (Å²) in [4.78, 5) is 27.4. The molecule has 0 aliphatic carbocycles. The fourth-order valence-electron chi connectivity index (χ4n) is 2.90. The molecule has 0 atom stereocenters. The summed E-state index contributed by atoms with van der Waals surface area (Å²) in [6.45, 7) is 4.27. The van der Waals surface area contributed by atoms with Crippen LogP contribution in [-0.4, -0.2) is 36.9 Å². The summed E-state index contributed by atoms with van der Waals surface area (Å²) in [7, 11) is 1.64. The molecule has 0 fully saturated rings. The molecule has 0 bridgehead atoms. The van der Waals surface area contributed by atoms with E-state index < -0.39 is 0 Å². The number of hydrogen-bond donors (Lipinski definition) is 0. The third-order valence-corrected chi connectivity index (χ3v) is 4.43. The number of hydrogen-bond acceptors (Lipinski definition) is 2. The zero-order chi connectivity index (χ0) is 18.7. The normalized spacial score (nSPS) is 13.3. The molecule has 132 valence electrons. The highest BCUT2D eigenvalue weighted by Gasteiger charge is 2.23. The van der Waals surface area contributed by atoms with Crippen molar-refractivity contribution in [2.75, 3.05) is 25.0 Å². The molecule has 1 aliphatic rings. The third kappa shape index (κ3) is 3.42. The molecule has 2 amide bonds. The Morgan fingerprint density at radius 3 is 2.50 bits per heavy atom. The monoisotopic (exact) mass is 350 g/mol. The van der Waals surface area contributed by atoms with Crippen molar-refractivity contribution in [2.45, 2.75) is 0 Å². The second-order valence-corrected chi connectivity index (χ2v) is 6.04. The van der Waals surface area contributed by atoms with Crippen LogP contribution in [0.25, 0.3) is 5.57 Å². The molecule has 1 heterocycles. The number of carbonyl (C=O) groups is 2. The molecule has 4 nitrogen and oxygen atoms in total. The van der Waals surface area contributed by atoms with Crippen LogP contribution in [0.5, 0.6) is 0 Å². The summed E-state index contributed by atoms with van der Waals surface area (Å²) in [5.41, 5.74) is 2.54. The van der Waals surface area contributed by atoms with Crippen LogP contribution in [0.4, 0.5) is 10.1 Å². The molecule has 0 spiro atoms. The summed E-state index contributed by atoms with van der Waals surface area (Å²) in [6.07, 6.45) is 3.11. The van der Waals surface area contributed by atoms with Crippen molar-refractivity contribution in [2.24, 2.45) is 0 Å². The van der Waals surface area contributed by atoms with Crippen LogP contribution < -0.4 is 4.90 Å². The largest absolute Gasteiger partial charge is 0.331 e. The van der Waals surface area contributed by atoms with Gasteiger partial charge in [0.1, 0.15) is 5.82 Å². The Bertz CT molecular complexity index is 887. The van der Waals surface area contributed by atoms with Crippen LogP contribution >= 0.6 is 0 Å². The van der Waals surface area contributed by atoms with Crippen molar-refractivity contribution in [1.29, 1.82) is 0 Å². The summed E-state index contributed by atoms with van der Waals surface area (Å²) >= 11 is 0. The van der Waals surface area contributed by atoms with Crippen LogP contribution in [0, 0.1) is 5.82 Å². The maximum Gasteiger partial charge on any atom is 0.254 e. The molecule has 0 aromatic heterocycles. The SMILES string of the molecule is C=CC(=O)N(C)c1ccc(C(=O)N2CC=C(c3ccccc3F)C2)cc1. The summed E-state index contributed by atoms with van der Waals surface area (Å²) < 4.78 is 13.9. The topological polar surface area (TPSA) is 40.6 Å². The Morgan fingerprint density at radius 1 is 1.15 bits per heavy atom. The second kappa shape index (κ2) is 7.35. The third-order valence-electron chi connectivity index (χ3n) is 4.43. The van der Waals surface area contributed by atoms with E-state index in [-0.39, 0.29) is 17.6 Å². The first kappa shape index (κ1) is 17.6. The fraction of sp³-hybridized carbons (Fsp3) is 0.143. The maximum atomic E-state index is 13.9. The lowest BCUT2D eigenvalue weighted by Gasteiger charge is -2.18. The molecule has 0 saturated heterocycles. The molecule has 0 saturated carbocycles. The average Bonchev–Trinajstić information content (AvgIpc) is 3.16. The van der Waals surface area contributed by atoms with Gasteiger partial charge in [0, 0.05) is 37.0 Å². The van der Waals surface area contributed by atoms with Crippen LogP contribution in [0.1, 0.15) is 15.9 Å². The number of rotatable bonds is 4. The van der Waals surface area contributed by atoms with Gasteiger partial charge in [-0.3, -0.25) is 9.59 Å². The Morgan fingerprint density at radius 2 is 1.85 bits per heavy atom. The van der Waals surface area contributed by atoms with Crippen molar-refractivity contribution in [3.8, 4) is 0 Å². The van der Waals surface area contributed by atoms with E-state index in [9.17, 15) is 14.0 Å². The lowest BCUT2D eigenvalue weighted by Crippen LogP contribution is -2.29. The highest BCUT2D eigenvalue weighted by molar-refractivity contribution is 6.01. The summed E-state index contributed by atoms with van der Waals surface area (Å²) in [5.74, 6) is -0.633. The van der Waals surface area contributed by atoms with E-state index in [1.807, 2.05) is 6.08 Å². The van der Waals surface area contributed by atoms with Gasteiger partial charge >= 0.3 is 0 Å². The molecule has 5 heteroatoms. The van der Waals surface area contributed by atoms with Crippen molar-refractivity contribution in [3.63, 3.8) is 0 Å². The lowest BCUT2D eigenvalue weighted by atomic mass is 10.1. The van der Waals surface area contributed by atoms with Crippen LogP contribution in [0.15, 0.2) is 67.3 Å². The van der Waals surface area contributed by atoms with Crippen LogP contribution in [0.3, 0.4) is 0 Å². The van der Waals surface area contributed by atoms with Crippen LogP contribution in [0.2, 0.25) is 0 Å². The van der Waals surface area contributed by atoms with Crippen molar-refractivity contribution in [3.05, 3.63) is 84.2 Å². The zero-order valence-electron chi connectivity index (χ0n) is 14.5. The number of amides is 2. The minimum Gasteiger partial charge on any atom is -0.331 e. The van der Waals surface area contributed by atoms with Crippen molar-refractivity contribution < 1.29 is 14.0 Å². The van der Waals surface area contributed by atoms with Crippen molar-refractivity contribution in [1.82, 2.24) is 4.90 Å². The molecule has 0 unspecified atom stereocenters. The number of nitrogens with zero attached hydrogens (tertiary/aromatic N) is 2. The van der Waals surface area contributed by atoms with E-state index in [0.29, 0.717) is 29.9 Å². The van der Waals surface area contributed by atoms with Crippen LogP contribution in [-0.2, 0) is 4.79 Å². The summed E-state index contributed by atoms with van der Waals surface area (Å²) in [5, 5.41) is 0. The Hall–Kier alpha value is -3.21. The van der Waals surface area contributed by atoms with Gasteiger partial charge in [0.15, 0.2) is 0 Å². The maximum absolute atomic E-state index is 13.9. The average molecular weight is 350 g/mol. The van der Waals surface area contributed by atoms with Gasteiger partial charge in [-0.2, -0.15) is 0 Å².